The highest BCUT2D eigenvalue weighted by molar-refractivity contribution is 9.10. The molecule has 1 aromatic heterocycles. The molecule has 0 aliphatic heterocycles. The molecule has 0 atom stereocenters. The Morgan fingerprint density at radius 2 is 2.50 bits per heavy atom. The smallest absolute Gasteiger partial charge is 0.281 e. The number of nitrogens with one attached hydrogen (secondary N) is 1. The maximum absolute atomic E-state index is 11.1. The van der Waals surface area contributed by atoms with Crippen LogP contribution in [0.5, 0.6) is 0 Å². The van der Waals surface area contributed by atoms with Gasteiger partial charge in [0.15, 0.2) is 0 Å². The fraction of sp³-hybridized carbons (Fsp3) is 0.286. The van der Waals surface area contributed by atoms with Crippen molar-refractivity contribution in [1.82, 2.24) is 9.99 Å². The second kappa shape index (κ2) is 3.73. The van der Waals surface area contributed by atoms with E-state index in [-0.39, 0.29) is 5.91 Å². The van der Waals surface area contributed by atoms with Crippen LogP contribution in [0, 0.1) is 0 Å². The van der Waals surface area contributed by atoms with E-state index in [4.69, 9.17) is 5.84 Å². The van der Waals surface area contributed by atoms with Crippen LogP contribution < -0.4 is 11.3 Å². The van der Waals surface area contributed by atoms with Crippen molar-refractivity contribution in [2.24, 2.45) is 5.84 Å². The summed E-state index contributed by atoms with van der Waals surface area (Å²) in [4.78, 5) is 11.1. The van der Waals surface area contributed by atoms with E-state index >= 15 is 0 Å². The first-order valence-corrected chi connectivity index (χ1v) is 4.35. The van der Waals surface area contributed by atoms with E-state index in [2.05, 4.69) is 21.4 Å². The Bertz CT molecular complexity index is 295. The SMILES string of the molecule is CCn1cc(Br)cc1C(=O)NN. The van der Waals surface area contributed by atoms with E-state index in [0.29, 0.717) is 5.69 Å². The summed E-state index contributed by atoms with van der Waals surface area (Å²) in [6, 6.07) is 1.73. The number of carbonyl (C=O) groups is 1. The maximum atomic E-state index is 11.1. The highest BCUT2D eigenvalue weighted by Crippen LogP contribution is 2.14. The molecule has 12 heavy (non-hydrogen) atoms. The number of hydrogen-bond acceptors (Lipinski definition) is 2. The Morgan fingerprint density at radius 1 is 1.83 bits per heavy atom. The van der Waals surface area contributed by atoms with Crippen LogP contribution in [0.3, 0.4) is 0 Å². The number of carbonyl (C=O) groups excluding carboxylic acids is 1. The molecule has 0 aliphatic carbocycles. The van der Waals surface area contributed by atoms with Crippen molar-refractivity contribution in [2.75, 3.05) is 0 Å². The van der Waals surface area contributed by atoms with Crippen LogP contribution in [0.2, 0.25) is 0 Å². The molecule has 1 amide bonds. The molecule has 1 rings (SSSR count). The van der Waals surface area contributed by atoms with E-state index in [1.54, 1.807) is 6.07 Å². The fourth-order valence-corrected chi connectivity index (χ4v) is 1.46. The van der Waals surface area contributed by atoms with Gasteiger partial charge in [0.2, 0.25) is 0 Å². The van der Waals surface area contributed by atoms with Gasteiger partial charge in [0.25, 0.3) is 5.91 Å². The summed E-state index contributed by atoms with van der Waals surface area (Å²) in [5, 5.41) is 0. The second-order valence-electron chi connectivity index (χ2n) is 2.30. The van der Waals surface area contributed by atoms with Gasteiger partial charge in [0, 0.05) is 17.2 Å². The number of hydrazine groups is 1. The van der Waals surface area contributed by atoms with Crippen LogP contribution in [0.4, 0.5) is 0 Å². The lowest BCUT2D eigenvalue weighted by Gasteiger charge is -2.02. The zero-order chi connectivity index (χ0) is 9.14. The Balaban J connectivity index is 3.04. The normalized spacial score (nSPS) is 9.92. The van der Waals surface area contributed by atoms with Gasteiger partial charge in [-0.05, 0) is 28.9 Å². The molecule has 5 heteroatoms. The average Bonchev–Trinajstić information content (AvgIpc) is 2.45. The monoisotopic (exact) mass is 231 g/mol. The molecule has 1 aromatic rings. The van der Waals surface area contributed by atoms with Crippen LogP contribution >= 0.6 is 15.9 Å². The molecular formula is C7H10BrN3O. The highest BCUT2D eigenvalue weighted by atomic mass is 79.9. The molecule has 1 heterocycles. The summed E-state index contributed by atoms with van der Waals surface area (Å²) in [7, 11) is 0. The molecule has 0 unspecified atom stereocenters. The summed E-state index contributed by atoms with van der Waals surface area (Å²) in [6.07, 6.45) is 1.84. The molecular weight excluding hydrogens is 222 g/mol. The number of amides is 1. The summed E-state index contributed by atoms with van der Waals surface area (Å²) < 4.78 is 2.69. The molecule has 0 aromatic carbocycles. The molecule has 0 spiro atoms. The largest absolute Gasteiger partial charge is 0.343 e. The van der Waals surface area contributed by atoms with Gasteiger partial charge >= 0.3 is 0 Å². The number of aromatic nitrogens is 1. The molecule has 0 saturated carbocycles. The van der Waals surface area contributed by atoms with Crippen LogP contribution in [0.25, 0.3) is 0 Å². The molecule has 0 bridgehead atoms. The van der Waals surface area contributed by atoms with Crippen molar-refractivity contribution in [2.45, 2.75) is 13.5 Å². The first kappa shape index (κ1) is 9.28. The molecule has 0 saturated heterocycles. The minimum absolute atomic E-state index is 0.275. The Morgan fingerprint density at radius 3 is 3.00 bits per heavy atom. The molecule has 0 aliphatic rings. The Labute approximate surface area is 78.8 Å². The Hall–Kier alpha value is -0.810. The predicted octanol–water partition coefficient (Wildman–Crippen LogP) is 0.874. The van der Waals surface area contributed by atoms with Crippen molar-refractivity contribution >= 4 is 21.8 Å². The number of rotatable bonds is 2. The minimum atomic E-state index is -0.275. The molecule has 4 nitrogen and oxygen atoms in total. The molecule has 3 N–H and O–H groups in total. The number of halogens is 1. The number of nitrogens with zero attached hydrogens (tertiary/aromatic N) is 1. The third kappa shape index (κ3) is 1.67. The summed E-state index contributed by atoms with van der Waals surface area (Å²) in [5.41, 5.74) is 2.65. The van der Waals surface area contributed by atoms with Gasteiger partial charge < -0.3 is 4.57 Å². The molecule has 0 fully saturated rings. The van der Waals surface area contributed by atoms with Crippen molar-refractivity contribution in [1.29, 1.82) is 0 Å². The van der Waals surface area contributed by atoms with Gasteiger partial charge in [0.1, 0.15) is 5.69 Å². The van der Waals surface area contributed by atoms with Crippen molar-refractivity contribution in [3.05, 3.63) is 22.4 Å². The average molecular weight is 232 g/mol. The summed E-state index contributed by atoms with van der Waals surface area (Å²) >= 11 is 3.28. The summed E-state index contributed by atoms with van der Waals surface area (Å²) in [5.74, 6) is 4.73. The van der Waals surface area contributed by atoms with Crippen molar-refractivity contribution in [3.63, 3.8) is 0 Å². The van der Waals surface area contributed by atoms with Crippen molar-refractivity contribution in [3.8, 4) is 0 Å². The Kier molecular flexibility index (Phi) is 2.88. The fourth-order valence-electron chi connectivity index (χ4n) is 1.00. The lowest BCUT2D eigenvalue weighted by Crippen LogP contribution is -2.31. The van der Waals surface area contributed by atoms with E-state index < -0.39 is 0 Å². The zero-order valence-corrected chi connectivity index (χ0v) is 8.26. The standard InChI is InChI=1S/C7H10BrN3O/c1-2-11-4-5(8)3-6(11)7(12)10-9/h3-4H,2,9H2,1H3,(H,10,12). The highest BCUT2D eigenvalue weighted by Gasteiger charge is 2.09. The quantitative estimate of drug-likeness (QED) is 0.451. The van der Waals surface area contributed by atoms with E-state index in [9.17, 15) is 4.79 Å². The first-order valence-electron chi connectivity index (χ1n) is 3.55. The van der Waals surface area contributed by atoms with Gasteiger partial charge in [-0.3, -0.25) is 10.2 Å². The zero-order valence-electron chi connectivity index (χ0n) is 6.67. The van der Waals surface area contributed by atoms with Crippen LogP contribution in [-0.4, -0.2) is 10.5 Å². The van der Waals surface area contributed by atoms with E-state index in [1.807, 2.05) is 17.7 Å². The van der Waals surface area contributed by atoms with Gasteiger partial charge in [-0.15, -0.1) is 0 Å². The van der Waals surface area contributed by atoms with Gasteiger partial charge in [-0.2, -0.15) is 0 Å². The minimum Gasteiger partial charge on any atom is -0.343 e. The number of hydrogen-bond donors (Lipinski definition) is 2. The third-order valence-electron chi connectivity index (χ3n) is 1.57. The van der Waals surface area contributed by atoms with E-state index in [0.717, 1.165) is 11.0 Å². The lowest BCUT2D eigenvalue weighted by atomic mass is 10.4. The first-order chi connectivity index (χ1) is 5.69. The van der Waals surface area contributed by atoms with Crippen LogP contribution in [0.1, 0.15) is 17.4 Å². The molecule has 66 valence electrons. The number of aryl methyl sites for hydroxylation is 1. The molecule has 0 radical (unpaired) electrons. The second-order valence-corrected chi connectivity index (χ2v) is 3.22. The topological polar surface area (TPSA) is 60.0 Å². The third-order valence-corrected chi connectivity index (χ3v) is 2.00. The van der Waals surface area contributed by atoms with Gasteiger partial charge in [-0.1, -0.05) is 0 Å². The number of nitrogen functional groups attached to an aromatic ring is 1. The van der Waals surface area contributed by atoms with Crippen molar-refractivity contribution < 1.29 is 4.79 Å². The summed E-state index contributed by atoms with van der Waals surface area (Å²) in [6.45, 7) is 2.70. The predicted molar refractivity (Wildman–Crippen MR) is 49.5 cm³/mol. The van der Waals surface area contributed by atoms with E-state index in [1.165, 1.54) is 0 Å². The maximum Gasteiger partial charge on any atom is 0.281 e. The van der Waals surface area contributed by atoms with Crippen LogP contribution in [0.15, 0.2) is 16.7 Å². The van der Waals surface area contributed by atoms with Gasteiger partial charge in [-0.25, -0.2) is 5.84 Å². The number of nitrogens with two attached hydrogens (primary N) is 1. The van der Waals surface area contributed by atoms with Crippen LogP contribution in [-0.2, 0) is 6.54 Å². The van der Waals surface area contributed by atoms with Gasteiger partial charge in [0.05, 0.1) is 0 Å². The lowest BCUT2D eigenvalue weighted by molar-refractivity contribution is 0.0944.